The van der Waals surface area contributed by atoms with Gasteiger partial charge in [-0.25, -0.2) is 0 Å². The molecule has 0 amide bonds. The molecule has 1 saturated heterocycles. The first kappa shape index (κ1) is 12.9. The lowest BCUT2D eigenvalue weighted by atomic mass is 9.91. The molecule has 0 aromatic rings. The second kappa shape index (κ2) is 4.37. The summed E-state index contributed by atoms with van der Waals surface area (Å²) in [4.78, 5) is 34.8. The molecule has 0 aromatic carbocycles. The largest absolute Gasteiger partial charge is 0.299 e. The van der Waals surface area contributed by atoms with E-state index in [1.54, 1.807) is 26.0 Å². The number of allylic oxidation sites excluding steroid dienone is 2. The molecule has 0 spiro atoms. The van der Waals surface area contributed by atoms with Crippen LogP contribution in [0.3, 0.4) is 0 Å². The molecule has 1 aliphatic heterocycles. The second-order valence-electron chi connectivity index (χ2n) is 4.03. The number of ketones is 2. The van der Waals surface area contributed by atoms with E-state index < -0.39 is 10.7 Å². The van der Waals surface area contributed by atoms with Crippen LogP contribution in [-0.4, -0.2) is 21.4 Å². The summed E-state index contributed by atoms with van der Waals surface area (Å²) >= 11 is 0.923. The fourth-order valence-corrected chi connectivity index (χ4v) is 2.93. The lowest BCUT2D eigenvalue weighted by Crippen LogP contribution is -2.32. The van der Waals surface area contributed by atoms with Crippen molar-refractivity contribution in [2.24, 2.45) is 5.92 Å². The Bertz CT molecular complexity index is 408. The number of hydrogen-bond acceptors (Lipinski definition) is 4. The maximum absolute atomic E-state index is 12.0. The second-order valence-corrected chi connectivity index (χ2v) is 5.48. The van der Waals surface area contributed by atoms with Crippen molar-refractivity contribution in [1.82, 2.24) is 0 Å². The summed E-state index contributed by atoms with van der Waals surface area (Å²) in [7, 11) is 0. The number of Topliss-reactive ketones (excluding diaryl/α,β-unsaturated/α-hetero) is 2. The zero-order chi connectivity index (χ0) is 12.5. The average molecular weight is 238 g/mol. The molecule has 3 nitrogen and oxygen atoms in total. The van der Waals surface area contributed by atoms with Gasteiger partial charge in [-0.2, -0.15) is 0 Å². The molecule has 0 aliphatic carbocycles. The molecule has 1 heterocycles. The van der Waals surface area contributed by atoms with Gasteiger partial charge in [-0.1, -0.05) is 36.1 Å². The lowest BCUT2D eigenvalue weighted by molar-refractivity contribution is -0.135. The van der Waals surface area contributed by atoms with Gasteiger partial charge in [0.25, 0.3) is 0 Å². The van der Waals surface area contributed by atoms with Gasteiger partial charge in [0.15, 0.2) is 5.78 Å². The molecule has 1 fully saturated rings. The van der Waals surface area contributed by atoms with Crippen molar-refractivity contribution in [2.75, 3.05) is 0 Å². The van der Waals surface area contributed by atoms with Crippen LogP contribution >= 0.6 is 11.8 Å². The summed E-state index contributed by atoms with van der Waals surface area (Å²) in [6, 6.07) is 0. The Morgan fingerprint density at radius 2 is 2.00 bits per heavy atom. The molecule has 2 atom stereocenters. The first-order valence-electron chi connectivity index (χ1n) is 4.91. The van der Waals surface area contributed by atoms with E-state index in [0.717, 1.165) is 17.3 Å². The van der Waals surface area contributed by atoms with E-state index in [4.69, 9.17) is 0 Å². The summed E-state index contributed by atoms with van der Waals surface area (Å²) < 4.78 is -0.925. The van der Waals surface area contributed by atoms with Crippen LogP contribution in [-0.2, 0) is 14.4 Å². The van der Waals surface area contributed by atoms with E-state index in [9.17, 15) is 14.4 Å². The zero-order valence-electron chi connectivity index (χ0n) is 9.57. The highest BCUT2D eigenvalue weighted by Crippen LogP contribution is 2.41. The zero-order valence-corrected chi connectivity index (χ0v) is 10.4. The summed E-state index contributed by atoms with van der Waals surface area (Å²) in [6.45, 7) is 8.33. The molecular formula is C12H14O3S. The van der Waals surface area contributed by atoms with Crippen molar-refractivity contribution >= 4 is 28.4 Å². The number of thioether (sulfide) groups is 1. The third-order valence-electron chi connectivity index (χ3n) is 2.53. The highest BCUT2D eigenvalue weighted by atomic mass is 32.2. The minimum Gasteiger partial charge on any atom is -0.299 e. The third kappa shape index (κ3) is 2.16. The molecular weight excluding hydrogens is 224 g/mol. The normalized spacial score (nSPS) is 30.7. The molecule has 86 valence electrons. The summed E-state index contributed by atoms with van der Waals surface area (Å²) in [5, 5.41) is -0.354. The Kier molecular flexibility index (Phi) is 3.53. The fraction of sp³-hybridized carbons (Fsp3) is 0.417. The molecule has 0 aromatic heterocycles. The van der Waals surface area contributed by atoms with Gasteiger partial charge >= 0.3 is 0 Å². The van der Waals surface area contributed by atoms with Crippen LogP contribution in [0.25, 0.3) is 0 Å². The highest BCUT2D eigenvalue weighted by molar-refractivity contribution is 8.16. The number of carbonyl (C=O) groups is 3. The van der Waals surface area contributed by atoms with Gasteiger partial charge in [-0.3, -0.25) is 14.4 Å². The van der Waals surface area contributed by atoms with Crippen LogP contribution < -0.4 is 0 Å². The van der Waals surface area contributed by atoms with Crippen LogP contribution in [0.4, 0.5) is 0 Å². The van der Waals surface area contributed by atoms with Crippen LogP contribution in [0.1, 0.15) is 20.8 Å². The van der Waals surface area contributed by atoms with E-state index in [2.05, 4.69) is 6.58 Å². The first-order valence-corrected chi connectivity index (χ1v) is 5.73. The van der Waals surface area contributed by atoms with Crippen molar-refractivity contribution in [3.8, 4) is 0 Å². The average Bonchev–Trinajstić information content (AvgIpc) is 2.37. The SMILES string of the molecule is C=CC(C)=C[C@@]1(C)SC(=O)C(C(C)=O)C1=O. The maximum Gasteiger partial charge on any atom is 0.208 e. The van der Waals surface area contributed by atoms with Gasteiger partial charge in [0.2, 0.25) is 5.12 Å². The standard InChI is InChI=1S/C12H14O3S/c1-5-7(2)6-12(4)10(14)9(8(3)13)11(15)16-12/h5-6,9H,1H2,2-4H3/t9?,12-/m1/s1. The van der Waals surface area contributed by atoms with Crippen LogP contribution in [0.15, 0.2) is 24.3 Å². The van der Waals surface area contributed by atoms with Crippen molar-refractivity contribution in [3.05, 3.63) is 24.3 Å². The predicted octanol–water partition coefficient (Wildman–Crippen LogP) is 1.93. The predicted molar refractivity (Wildman–Crippen MR) is 64.1 cm³/mol. The maximum atomic E-state index is 12.0. The van der Waals surface area contributed by atoms with Crippen LogP contribution in [0, 0.1) is 5.92 Å². The van der Waals surface area contributed by atoms with Gasteiger partial charge < -0.3 is 0 Å². The Balaban J connectivity index is 3.12. The Morgan fingerprint density at radius 3 is 2.38 bits per heavy atom. The van der Waals surface area contributed by atoms with Crippen molar-refractivity contribution in [1.29, 1.82) is 0 Å². The Morgan fingerprint density at radius 1 is 1.44 bits per heavy atom. The monoisotopic (exact) mass is 238 g/mol. The van der Waals surface area contributed by atoms with Crippen LogP contribution in [0.5, 0.6) is 0 Å². The molecule has 1 aliphatic rings. The molecule has 16 heavy (non-hydrogen) atoms. The molecule has 1 rings (SSSR count). The topological polar surface area (TPSA) is 51.2 Å². The summed E-state index contributed by atoms with van der Waals surface area (Å²) in [5.41, 5.74) is 0.820. The number of hydrogen-bond donors (Lipinski definition) is 0. The Hall–Kier alpha value is -1.16. The first-order chi connectivity index (χ1) is 7.31. The minimum atomic E-state index is -1.09. The smallest absolute Gasteiger partial charge is 0.208 e. The van der Waals surface area contributed by atoms with Crippen LogP contribution in [0.2, 0.25) is 0 Å². The molecule has 0 radical (unpaired) electrons. The van der Waals surface area contributed by atoms with Gasteiger partial charge in [0, 0.05) is 0 Å². The molecule has 0 bridgehead atoms. The van der Waals surface area contributed by atoms with E-state index in [0.29, 0.717) is 0 Å². The van der Waals surface area contributed by atoms with Gasteiger partial charge in [-0.05, 0) is 20.8 Å². The van der Waals surface area contributed by atoms with Gasteiger partial charge in [0.1, 0.15) is 11.7 Å². The van der Waals surface area contributed by atoms with Crippen molar-refractivity contribution < 1.29 is 14.4 Å². The summed E-state index contributed by atoms with van der Waals surface area (Å²) in [5.74, 6) is -1.80. The van der Waals surface area contributed by atoms with Gasteiger partial charge in [0.05, 0.1) is 4.75 Å². The lowest BCUT2D eigenvalue weighted by Gasteiger charge is -2.15. The quantitative estimate of drug-likeness (QED) is 0.557. The summed E-state index contributed by atoms with van der Waals surface area (Å²) in [6.07, 6.45) is 3.30. The molecule has 0 saturated carbocycles. The van der Waals surface area contributed by atoms with E-state index in [-0.39, 0.29) is 16.7 Å². The van der Waals surface area contributed by atoms with E-state index in [1.165, 1.54) is 6.92 Å². The molecule has 1 unspecified atom stereocenters. The highest BCUT2D eigenvalue weighted by Gasteiger charge is 2.51. The van der Waals surface area contributed by atoms with Crippen molar-refractivity contribution in [2.45, 2.75) is 25.5 Å². The molecule has 4 heteroatoms. The van der Waals surface area contributed by atoms with E-state index >= 15 is 0 Å². The third-order valence-corrected chi connectivity index (χ3v) is 3.71. The van der Waals surface area contributed by atoms with Gasteiger partial charge in [-0.15, -0.1) is 0 Å². The molecule has 0 N–H and O–H groups in total. The van der Waals surface area contributed by atoms with E-state index in [1.807, 2.05) is 0 Å². The number of rotatable bonds is 3. The van der Waals surface area contributed by atoms with Crippen molar-refractivity contribution in [3.63, 3.8) is 0 Å². The fourth-order valence-electron chi connectivity index (χ4n) is 1.66. The Labute approximate surface area is 99.0 Å². The minimum absolute atomic E-state index is 0.323. The number of carbonyl (C=O) groups excluding carboxylic acids is 3.